The van der Waals surface area contributed by atoms with Crippen molar-refractivity contribution in [3.63, 3.8) is 0 Å². The number of carbonyl (C=O) groups excluding carboxylic acids is 1. The first-order valence-corrected chi connectivity index (χ1v) is 6.24. The van der Waals surface area contributed by atoms with Crippen molar-refractivity contribution in [2.45, 2.75) is 19.1 Å². The second-order valence-corrected chi connectivity index (χ2v) is 4.43. The Morgan fingerprint density at radius 2 is 1.37 bits per heavy atom. The lowest BCUT2D eigenvalue weighted by atomic mass is 10.0. The van der Waals surface area contributed by atoms with E-state index < -0.39 is 18.1 Å². The molecule has 3 heteroatoms. The maximum Gasteiger partial charge on any atom is 0.323 e. The maximum absolute atomic E-state index is 11.8. The van der Waals surface area contributed by atoms with E-state index in [-0.39, 0.29) is 0 Å². The van der Waals surface area contributed by atoms with Crippen molar-refractivity contribution in [2.24, 2.45) is 5.73 Å². The zero-order chi connectivity index (χ0) is 13.7. The molecule has 2 rings (SSSR count). The van der Waals surface area contributed by atoms with Crippen LogP contribution in [0.5, 0.6) is 0 Å². The molecule has 19 heavy (non-hydrogen) atoms. The van der Waals surface area contributed by atoms with Gasteiger partial charge in [0.1, 0.15) is 6.04 Å². The van der Waals surface area contributed by atoms with Crippen molar-refractivity contribution in [1.82, 2.24) is 0 Å². The Bertz CT molecular complexity index is 483. The zero-order valence-electron chi connectivity index (χ0n) is 10.8. The van der Waals surface area contributed by atoms with Crippen LogP contribution in [-0.4, -0.2) is 12.0 Å². The minimum Gasteiger partial charge on any atom is -0.451 e. The molecular formula is C16H17NO2. The molecule has 0 saturated carbocycles. The van der Waals surface area contributed by atoms with Crippen LogP contribution in [0.1, 0.15) is 24.2 Å². The summed E-state index contributed by atoms with van der Waals surface area (Å²) >= 11 is 0. The predicted octanol–water partition coefficient (Wildman–Crippen LogP) is 2.67. The van der Waals surface area contributed by atoms with Crippen LogP contribution in [0.3, 0.4) is 0 Å². The third-order valence-electron chi connectivity index (χ3n) is 2.81. The third-order valence-corrected chi connectivity index (χ3v) is 2.81. The van der Waals surface area contributed by atoms with Crippen LogP contribution in [0.4, 0.5) is 0 Å². The number of rotatable bonds is 4. The van der Waals surface area contributed by atoms with Gasteiger partial charge in [-0.2, -0.15) is 0 Å². The summed E-state index contributed by atoms with van der Waals surface area (Å²) in [6.45, 7) is 1.62. The third kappa shape index (κ3) is 3.42. The molecule has 0 aliphatic carbocycles. The molecule has 0 amide bonds. The number of benzene rings is 2. The van der Waals surface area contributed by atoms with Gasteiger partial charge >= 0.3 is 5.97 Å². The Morgan fingerprint density at radius 1 is 0.947 bits per heavy atom. The molecule has 2 N–H and O–H groups in total. The summed E-state index contributed by atoms with van der Waals surface area (Å²) in [5.74, 6) is -0.405. The highest BCUT2D eigenvalue weighted by Gasteiger charge is 2.20. The molecule has 0 aromatic heterocycles. The van der Waals surface area contributed by atoms with Crippen LogP contribution in [0.25, 0.3) is 0 Å². The number of carbonyl (C=O) groups is 1. The number of nitrogens with two attached hydrogens (primary N) is 1. The van der Waals surface area contributed by atoms with Gasteiger partial charge in [0.05, 0.1) is 0 Å². The molecule has 0 saturated heterocycles. The number of ether oxygens (including phenoxy) is 1. The lowest BCUT2D eigenvalue weighted by molar-refractivity contribution is -0.148. The topological polar surface area (TPSA) is 52.3 Å². The van der Waals surface area contributed by atoms with Gasteiger partial charge in [-0.15, -0.1) is 0 Å². The average molecular weight is 255 g/mol. The van der Waals surface area contributed by atoms with Gasteiger partial charge in [-0.1, -0.05) is 60.7 Å². The van der Waals surface area contributed by atoms with Gasteiger partial charge < -0.3 is 10.5 Å². The van der Waals surface area contributed by atoms with Crippen molar-refractivity contribution >= 4 is 5.97 Å². The average Bonchev–Trinajstić information content (AvgIpc) is 2.46. The fraction of sp³-hybridized carbons (Fsp3) is 0.188. The summed E-state index contributed by atoms with van der Waals surface area (Å²) in [6.07, 6.45) is -0.416. The molecule has 0 bridgehead atoms. The largest absolute Gasteiger partial charge is 0.451 e. The van der Waals surface area contributed by atoms with E-state index in [0.717, 1.165) is 11.1 Å². The van der Waals surface area contributed by atoms with Gasteiger partial charge in [-0.25, -0.2) is 0 Å². The first kappa shape index (κ1) is 13.3. The fourth-order valence-electron chi connectivity index (χ4n) is 1.81. The van der Waals surface area contributed by atoms with Crippen LogP contribution in [0.15, 0.2) is 60.7 Å². The van der Waals surface area contributed by atoms with Crippen LogP contribution < -0.4 is 5.73 Å². The predicted molar refractivity (Wildman–Crippen MR) is 74.5 cm³/mol. The van der Waals surface area contributed by atoms with Crippen LogP contribution in [0.2, 0.25) is 0 Å². The quantitative estimate of drug-likeness (QED) is 0.854. The summed E-state index contributed by atoms with van der Waals surface area (Å²) in [7, 11) is 0. The van der Waals surface area contributed by atoms with Crippen molar-refractivity contribution in [1.29, 1.82) is 0 Å². The highest BCUT2D eigenvalue weighted by atomic mass is 16.5. The molecule has 0 spiro atoms. The van der Waals surface area contributed by atoms with Gasteiger partial charge in [0.15, 0.2) is 6.10 Å². The molecular weight excluding hydrogens is 238 g/mol. The molecule has 0 aliphatic rings. The molecule has 0 heterocycles. The molecule has 3 nitrogen and oxygen atoms in total. The normalized spacial score (nSPS) is 12.2. The highest BCUT2D eigenvalue weighted by molar-refractivity contribution is 5.75. The second kappa shape index (κ2) is 6.16. The molecule has 0 radical (unpaired) electrons. The summed E-state index contributed by atoms with van der Waals surface area (Å²) in [5, 5.41) is 0. The van der Waals surface area contributed by atoms with Crippen LogP contribution in [-0.2, 0) is 9.53 Å². The number of hydrogen-bond acceptors (Lipinski definition) is 3. The van der Waals surface area contributed by atoms with E-state index in [1.165, 1.54) is 0 Å². The Kier molecular flexibility index (Phi) is 4.31. The van der Waals surface area contributed by atoms with E-state index >= 15 is 0 Å². The summed E-state index contributed by atoms with van der Waals surface area (Å²) in [6, 6.07) is 18.7. The standard InChI is InChI=1S/C16H17NO2/c1-12(17)16(18)19-15(13-8-4-2-5-9-13)14-10-6-3-7-11-14/h2-12,15H,17H2,1H3/t12-/m0/s1. The van der Waals surface area contributed by atoms with E-state index in [1.807, 2.05) is 60.7 Å². The monoisotopic (exact) mass is 255 g/mol. The fourth-order valence-corrected chi connectivity index (χ4v) is 1.81. The smallest absolute Gasteiger partial charge is 0.323 e. The van der Waals surface area contributed by atoms with Gasteiger partial charge in [0.2, 0.25) is 0 Å². The van der Waals surface area contributed by atoms with Gasteiger partial charge in [0, 0.05) is 0 Å². The molecule has 2 aromatic rings. The molecule has 98 valence electrons. The van der Waals surface area contributed by atoms with Crippen molar-refractivity contribution < 1.29 is 9.53 Å². The second-order valence-electron chi connectivity index (χ2n) is 4.43. The lowest BCUT2D eigenvalue weighted by Crippen LogP contribution is -2.30. The lowest BCUT2D eigenvalue weighted by Gasteiger charge is -2.20. The van der Waals surface area contributed by atoms with E-state index in [4.69, 9.17) is 10.5 Å². The number of hydrogen-bond donors (Lipinski definition) is 1. The summed E-state index contributed by atoms with van der Waals surface area (Å²) in [4.78, 5) is 11.8. The summed E-state index contributed by atoms with van der Waals surface area (Å²) in [5.41, 5.74) is 7.43. The van der Waals surface area contributed by atoms with Gasteiger partial charge in [-0.3, -0.25) is 4.79 Å². The molecule has 0 unspecified atom stereocenters. The Morgan fingerprint density at radius 3 is 1.74 bits per heavy atom. The minimum absolute atomic E-state index is 0.405. The van der Waals surface area contributed by atoms with Crippen molar-refractivity contribution in [3.8, 4) is 0 Å². The first-order valence-electron chi connectivity index (χ1n) is 6.24. The van der Waals surface area contributed by atoms with E-state index in [1.54, 1.807) is 6.92 Å². The number of esters is 1. The van der Waals surface area contributed by atoms with Crippen LogP contribution in [0, 0.1) is 0 Å². The summed E-state index contributed by atoms with van der Waals surface area (Å²) < 4.78 is 5.52. The molecule has 1 atom stereocenters. The maximum atomic E-state index is 11.8. The van der Waals surface area contributed by atoms with Crippen molar-refractivity contribution in [2.75, 3.05) is 0 Å². The van der Waals surface area contributed by atoms with Crippen LogP contribution >= 0.6 is 0 Å². The minimum atomic E-state index is -0.630. The van der Waals surface area contributed by atoms with Crippen molar-refractivity contribution in [3.05, 3.63) is 71.8 Å². The zero-order valence-corrected chi connectivity index (χ0v) is 10.8. The Hall–Kier alpha value is -2.13. The van der Waals surface area contributed by atoms with E-state index in [9.17, 15) is 4.79 Å². The van der Waals surface area contributed by atoms with Gasteiger partial charge in [-0.05, 0) is 18.1 Å². The Balaban J connectivity index is 2.32. The SMILES string of the molecule is C[C@H](N)C(=O)OC(c1ccccc1)c1ccccc1. The Labute approximate surface area is 113 Å². The molecule has 0 fully saturated rings. The first-order chi connectivity index (χ1) is 9.18. The van der Waals surface area contributed by atoms with E-state index in [2.05, 4.69) is 0 Å². The highest BCUT2D eigenvalue weighted by Crippen LogP contribution is 2.26. The molecule has 2 aromatic carbocycles. The molecule has 0 aliphatic heterocycles. The van der Waals surface area contributed by atoms with E-state index in [0.29, 0.717) is 0 Å². The van der Waals surface area contributed by atoms with Gasteiger partial charge in [0.25, 0.3) is 0 Å².